The molecule has 3 heterocycles. The number of carbonyl (C=O) groups excluding carboxylic acids is 1. The molecule has 1 amide bonds. The van der Waals surface area contributed by atoms with E-state index in [1.165, 1.54) is 12.8 Å². The van der Waals surface area contributed by atoms with Gasteiger partial charge in [0.15, 0.2) is 11.5 Å². The van der Waals surface area contributed by atoms with Gasteiger partial charge in [-0.3, -0.25) is 4.79 Å². The van der Waals surface area contributed by atoms with Gasteiger partial charge in [-0.05, 0) is 38.0 Å². The van der Waals surface area contributed by atoms with Crippen LogP contribution in [0.5, 0.6) is 11.5 Å². The average Bonchev–Trinajstić information content (AvgIpc) is 3.33. The molecule has 0 saturated carbocycles. The normalized spacial score (nSPS) is 16.7. The van der Waals surface area contributed by atoms with Gasteiger partial charge in [0.25, 0.3) is 5.91 Å². The number of benzene rings is 1. The first kappa shape index (κ1) is 20.3. The van der Waals surface area contributed by atoms with Gasteiger partial charge in [-0.15, -0.1) is 0 Å². The highest BCUT2D eigenvalue weighted by Crippen LogP contribution is 2.28. The summed E-state index contributed by atoms with van der Waals surface area (Å²) in [6, 6.07) is 7.34. The van der Waals surface area contributed by atoms with Gasteiger partial charge in [0.05, 0.1) is 14.2 Å². The van der Waals surface area contributed by atoms with Gasteiger partial charge in [0.2, 0.25) is 5.95 Å². The van der Waals surface area contributed by atoms with E-state index in [-0.39, 0.29) is 5.91 Å². The second-order valence-corrected chi connectivity index (χ2v) is 7.71. The van der Waals surface area contributed by atoms with E-state index < -0.39 is 0 Å². The van der Waals surface area contributed by atoms with Gasteiger partial charge in [0.1, 0.15) is 5.82 Å². The van der Waals surface area contributed by atoms with Crippen LogP contribution in [-0.4, -0.2) is 74.3 Å². The van der Waals surface area contributed by atoms with E-state index in [2.05, 4.69) is 20.9 Å². The summed E-state index contributed by atoms with van der Waals surface area (Å²) in [6.07, 6.45) is 2.44. The lowest BCUT2D eigenvalue weighted by molar-refractivity contribution is 0.0745. The summed E-state index contributed by atoms with van der Waals surface area (Å²) < 4.78 is 10.6. The van der Waals surface area contributed by atoms with Gasteiger partial charge >= 0.3 is 0 Å². The number of piperazine rings is 1. The molecule has 0 radical (unpaired) electrons. The Kier molecular flexibility index (Phi) is 5.92. The SMILES string of the molecule is COc1ccc(C(=O)N2CCN(c3nc(C)cc(N4CCCC4)n3)CC2)cc1OC. The van der Waals surface area contributed by atoms with Crippen LogP contribution in [0.4, 0.5) is 11.8 Å². The minimum absolute atomic E-state index is 0.00137. The predicted octanol–water partition coefficient (Wildman–Crippen LogP) is 2.36. The van der Waals surface area contributed by atoms with Crippen molar-refractivity contribution in [2.24, 2.45) is 0 Å². The maximum atomic E-state index is 13.0. The molecule has 2 saturated heterocycles. The summed E-state index contributed by atoms with van der Waals surface area (Å²) in [4.78, 5) is 28.8. The number of aromatic nitrogens is 2. The number of amides is 1. The van der Waals surface area contributed by atoms with Gasteiger partial charge in [-0.1, -0.05) is 0 Å². The molecule has 2 aliphatic rings. The number of aryl methyl sites for hydroxylation is 1. The minimum Gasteiger partial charge on any atom is -0.493 e. The fraction of sp³-hybridized carbons (Fsp3) is 0.500. The zero-order valence-electron chi connectivity index (χ0n) is 17.9. The molecule has 160 valence electrons. The van der Waals surface area contributed by atoms with E-state index in [4.69, 9.17) is 14.5 Å². The molecule has 4 rings (SSSR count). The summed E-state index contributed by atoms with van der Waals surface area (Å²) in [7, 11) is 3.16. The molecule has 8 heteroatoms. The molecule has 30 heavy (non-hydrogen) atoms. The van der Waals surface area contributed by atoms with Crippen LogP contribution in [0.25, 0.3) is 0 Å². The molecular weight excluding hydrogens is 382 g/mol. The summed E-state index contributed by atoms with van der Waals surface area (Å²) in [5.41, 5.74) is 1.58. The van der Waals surface area contributed by atoms with Crippen molar-refractivity contribution >= 4 is 17.7 Å². The number of nitrogens with zero attached hydrogens (tertiary/aromatic N) is 5. The van der Waals surface area contributed by atoms with Crippen molar-refractivity contribution in [3.63, 3.8) is 0 Å². The third kappa shape index (κ3) is 4.13. The van der Waals surface area contributed by atoms with Crippen LogP contribution >= 0.6 is 0 Å². The molecule has 0 unspecified atom stereocenters. The van der Waals surface area contributed by atoms with Crippen molar-refractivity contribution in [3.05, 3.63) is 35.5 Å². The van der Waals surface area contributed by atoms with Crippen LogP contribution < -0.4 is 19.3 Å². The van der Waals surface area contributed by atoms with Crippen LogP contribution in [0.3, 0.4) is 0 Å². The summed E-state index contributed by atoms with van der Waals surface area (Å²) in [5, 5.41) is 0. The Labute approximate surface area is 177 Å². The van der Waals surface area contributed by atoms with Crippen molar-refractivity contribution in [1.82, 2.24) is 14.9 Å². The summed E-state index contributed by atoms with van der Waals surface area (Å²) in [5.74, 6) is 2.95. The zero-order valence-corrected chi connectivity index (χ0v) is 17.9. The fourth-order valence-corrected chi connectivity index (χ4v) is 4.05. The number of hydrogen-bond donors (Lipinski definition) is 0. The van der Waals surface area contributed by atoms with Crippen LogP contribution in [0, 0.1) is 6.92 Å². The number of carbonyl (C=O) groups is 1. The first-order chi connectivity index (χ1) is 14.6. The number of hydrogen-bond acceptors (Lipinski definition) is 7. The molecule has 0 bridgehead atoms. The predicted molar refractivity (Wildman–Crippen MR) is 116 cm³/mol. The van der Waals surface area contributed by atoms with E-state index >= 15 is 0 Å². The molecule has 8 nitrogen and oxygen atoms in total. The minimum atomic E-state index is -0.00137. The molecule has 1 aromatic carbocycles. The second-order valence-electron chi connectivity index (χ2n) is 7.71. The van der Waals surface area contributed by atoms with Crippen molar-refractivity contribution in [3.8, 4) is 11.5 Å². The maximum Gasteiger partial charge on any atom is 0.254 e. The Morgan fingerprint density at radius 2 is 1.57 bits per heavy atom. The summed E-state index contributed by atoms with van der Waals surface area (Å²) >= 11 is 0. The Bertz CT molecular complexity index is 906. The standard InChI is InChI=1S/C22H29N5O3/c1-16-14-20(25-8-4-5-9-25)24-22(23-16)27-12-10-26(11-13-27)21(28)17-6-7-18(29-2)19(15-17)30-3/h6-7,14-15H,4-5,8-13H2,1-3H3. The molecular formula is C22H29N5O3. The number of rotatable bonds is 5. The Hall–Kier alpha value is -3.03. The third-order valence-corrected chi connectivity index (χ3v) is 5.74. The molecule has 0 atom stereocenters. The highest BCUT2D eigenvalue weighted by molar-refractivity contribution is 5.95. The maximum absolute atomic E-state index is 13.0. The molecule has 2 aliphatic heterocycles. The highest BCUT2D eigenvalue weighted by atomic mass is 16.5. The van der Waals surface area contributed by atoms with Gasteiger partial charge in [0, 0.05) is 56.6 Å². The lowest BCUT2D eigenvalue weighted by Gasteiger charge is -2.35. The molecule has 2 aromatic rings. The van der Waals surface area contributed by atoms with E-state index in [9.17, 15) is 4.79 Å². The van der Waals surface area contributed by atoms with Crippen LogP contribution in [0.2, 0.25) is 0 Å². The van der Waals surface area contributed by atoms with Gasteiger partial charge in [-0.25, -0.2) is 4.98 Å². The molecule has 0 spiro atoms. The topological polar surface area (TPSA) is 71.0 Å². The Morgan fingerprint density at radius 1 is 0.867 bits per heavy atom. The lowest BCUT2D eigenvalue weighted by atomic mass is 10.1. The smallest absolute Gasteiger partial charge is 0.254 e. The van der Waals surface area contributed by atoms with Crippen LogP contribution in [0.1, 0.15) is 28.9 Å². The van der Waals surface area contributed by atoms with Crippen molar-refractivity contribution < 1.29 is 14.3 Å². The van der Waals surface area contributed by atoms with Crippen LogP contribution in [0.15, 0.2) is 24.3 Å². The highest BCUT2D eigenvalue weighted by Gasteiger charge is 2.25. The Balaban J connectivity index is 1.43. The quantitative estimate of drug-likeness (QED) is 0.748. The molecule has 0 aliphatic carbocycles. The number of anilines is 2. The third-order valence-electron chi connectivity index (χ3n) is 5.74. The van der Waals surface area contributed by atoms with Crippen molar-refractivity contribution in [2.75, 3.05) is 63.3 Å². The average molecular weight is 412 g/mol. The number of ether oxygens (including phenoxy) is 2. The molecule has 0 N–H and O–H groups in total. The van der Waals surface area contributed by atoms with E-state index in [0.717, 1.165) is 30.5 Å². The monoisotopic (exact) mass is 411 g/mol. The van der Waals surface area contributed by atoms with Crippen molar-refractivity contribution in [2.45, 2.75) is 19.8 Å². The number of methoxy groups -OCH3 is 2. The van der Waals surface area contributed by atoms with E-state index in [1.807, 2.05) is 11.8 Å². The zero-order chi connectivity index (χ0) is 21.1. The van der Waals surface area contributed by atoms with Crippen molar-refractivity contribution in [1.29, 1.82) is 0 Å². The molecule has 1 aromatic heterocycles. The van der Waals surface area contributed by atoms with Crippen LogP contribution in [-0.2, 0) is 0 Å². The van der Waals surface area contributed by atoms with Gasteiger partial charge in [-0.2, -0.15) is 4.98 Å². The molecule has 2 fully saturated rings. The van der Waals surface area contributed by atoms with Gasteiger partial charge < -0.3 is 24.2 Å². The fourth-order valence-electron chi connectivity index (χ4n) is 4.05. The largest absolute Gasteiger partial charge is 0.493 e. The lowest BCUT2D eigenvalue weighted by Crippen LogP contribution is -2.49. The van der Waals surface area contributed by atoms with E-state index in [1.54, 1.807) is 32.4 Å². The first-order valence-corrected chi connectivity index (χ1v) is 10.5. The first-order valence-electron chi connectivity index (χ1n) is 10.5. The second kappa shape index (κ2) is 8.77. The van der Waals surface area contributed by atoms with E-state index in [0.29, 0.717) is 43.2 Å². The summed E-state index contributed by atoms with van der Waals surface area (Å²) in [6.45, 7) is 6.81. The Morgan fingerprint density at radius 3 is 2.23 bits per heavy atom.